The summed E-state index contributed by atoms with van der Waals surface area (Å²) < 4.78 is 0. The summed E-state index contributed by atoms with van der Waals surface area (Å²) in [5, 5.41) is 0. The Kier molecular flexibility index (Phi) is 8.78. The van der Waals surface area contributed by atoms with E-state index in [2.05, 4.69) is 77.0 Å². The first-order chi connectivity index (χ1) is 27.3. The lowest BCUT2D eigenvalue weighted by atomic mass is 9.55. The van der Waals surface area contributed by atoms with Crippen molar-refractivity contribution in [2.45, 2.75) is 160 Å². The van der Waals surface area contributed by atoms with Gasteiger partial charge in [0.15, 0.2) is 0 Å². The molecule has 0 saturated heterocycles. The van der Waals surface area contributed by atoms with Gasteiger partial charge < -0.3 is 4.90 Å². The van der Waals surface area contributed by atoms with Crippen molar-refractivity contribution in [1.82, 2.24) is 4.90 Å². The Hall–Kier alpha value is -2.32. The Balaban J connectivity index is 0.939. The van der Waals surface area contributed by atoms with E-state index >= 15 is 0 Å². The molecule has 12 rings (SSSR count). The number of hydrogen-bond acceptors (Lipinski definition) is 2. The molecule has 11 aliphatic rings. The Labute approximate surface area is 337 Å². The molecule has 0 aromatic carbocycles. The predicted molar refractivity (Wildman–Crippen MR) is 231 cm³/mol. The van der Waals surface area contributed by atoms with E-state index in [1.165, 1.54) is 148 Å². The van der Waals surface area contributed by atoms with Crippen LogP contribution in [0.2, 0.25) is 0 Å². The average Bonchev–Trinajstić information content (AvgIpc) is 3.88. The third kappa shape index (κ3) is 5.26. The number of rotatable bonds is 4. The van der Waals surface area contributed by atoms with E-state index < -0.39 is 0 Å². The zero-order valence-corrected chi connectivity index (χ0v) is 34.6. The van der Waals surface area contributed by atoms with E-state index in [4.69, 9.17) is 0 Å². The highest BCUT2D eigenvalue weighted by atomic mass is 32.1. The molecule has 1 aromatic heterocycles. The lowest BCUT2D eigenvalue weighted by molar-refractivity contribution is 0.0402. The number of fused-ring (bicyclic) bond motifs is 14. The molecule has 1 heterocycles. The van der Waals surface area contributed by atoms with Gasteiger partial charge in [0.2, 0.25) is 0 Å². The van der Waals surface area contributed by atoms with Crippen LogP contribution in [0.5, 0.6) is 0 Å². The van der Waals surface area contributed by atoms with Crippen LogP contribution in [0.15, 0.2) is 71.5 Å². The lowest BCUT2D eigenvalue weighted by Crippen LogP contribution is -2.49. The highest BCUT2D eigenvalue weighted by Crippen LogP contribution is 2.75. The molecule has 11 aliphatic carbocycles. The van der Waals surface area contributed by atoms with Crippen LogP contribution >= 0.6 is 11.3 Å². The van der Waals surface area contributed by atoms with Crippen molar-refractivity contribution in [3.05, 3.63) is 92.4 Å². The van der Waals surface area contributed by atoms with Crippen molar-refractivity contribution in [2.75, 3.05) is 0 Å². The van der Waals surface area contributed by atoms with Crippen LogP contribution in [0, 0.1) is 58.7 Å². The summed E-state index contributed by atoms with van der Waals surface area (Å²) in [7, 11) is 0. The summed E-state index contributed by atoms with van der Waals surface area (Å²) >= 11 is 2.24. The summed E-state index contributed by atoms with van der Waals surface area (Å²) in [6.45, 7) is 0. The number of thiophene rings is 1. The van der Waals surface area contributed by atoms with Crippen molar-refractivity contribution < 1.29 is 0 Å². The normalized spacial score (nSPS) is 41.5. The summed E-state index contributed by atoms with van der Waals surface area (Å²) in [5.41, 5.74) is 11.2. The molecule has 1 spiro atoms. The Bertz CT molecular complexity index is 1900. The van der Waals surface area contributed by atoms with E-state index in [1.54, 1.807) is 26.6 Å². The van der Waals surface area contributed by atoms with Crippen LogP contribution in [0.3, 0.4) is 0 Å². The molecular weight excluding hydrogens is 683 g/mol. The molecule has 0 radical (unpaired) electrons. The van der Waals surface area contributed by atoms with Gasteiger partial charge in [-0.15, -0.1) is 11.3 Å². The van der Waals surface area contributed by atoms with Gasteiger partial charge in [0.05, 0.1) is 0 Å². The third-order valence-electron chi connectivity index (χ3n) is 18.6. The Morgan fingerprint density at radius 2 is 1.47 bits per heavy atom. The molecule has 4 saturated carbocycles. The van der Waals surface area contributed by atoms with Crippen molar-refractivity contribution in [2.24, 2.45) is 58.7 Å². The predicted octanol–water partition coefficient (Wildman–Crippen LogP) is 14.0. The maximum Gasteiger partial charge on any atom is 0.0476 e. The quantitative estimate of drug-likeness (QED) is 0.277. The van der Waals surface area contributed by atoms with Crippen LogP contribution in [0.4, 0.5) is 0 Å². The standard InChI is InChI=1S/C53H67NS/c1-2-15-36(16-3-1)54(37-27-25-35(26-28-37)40-21-12-14-34-13-4-5-17-39(34)40)38-29-30-42-41-18-6-9-22-46(41)53(49(42)33-38)47-23-10-7-20-45(47)51-48(53)32-31-44-43-19-8-11-24-50(43)55-52(44)51/h6-8,18-20,25,27,29-30,34,36,38-42,45-47,49H,1-5,9-17,21-24,26,28,31-33H2. The second-order valence-corrected chi connectivity index (χ2v) is 21.7. The molecule has 290 valence electrons. The molecule has 0 aliphatic heterocycles. The minimum atomic E-state index is 0.371. The highest BCUT2D eigenvalue weighted by Gasteiger charge is 2.68. The first kappa shape index (κ1) is 34.7. The molecule has 11 atom stereocenters. The van der Waals surface area contributed by atoms with Crippen LogP contribution in [-0.2, 0) is 12.8 Å². The average molecular weight is 750 g/mol. The minimum absolute atomic E-state index is 0.371. The maximum absolute atomic E-state index is 3.12. The molecule has 0 amide bonds. The first-order valence-electron chi connectivity index (χ1n) is 24.0. The number of aryl methyl sites for hydroxylation is 1. The topological polar surface area (TPSA) is 3.24 Å². The zero-order valence-electron chi connectivity index (χ0n) is 33.7. The molecule has 1 nitrogen and oxygen atoms in total. The van der Waals surface area contributed by atoms with E-state index in [9.17, 15) is 0 Å². The van der Waals surface area contributed by atoms with Crippen molar-refractivity contribution in [1.29, 1.82) is 0 Å². The molecule has 4 fully saturated rings. The van der Waals surface area contributed by atoms with E-state index in [-0.39, 0.29) is 0 Å². The molecule has 11 unspecified atom stereocenters. The number of allylic oxidation sites excluding steroid dienone is 12. The zero-order chi connectivity index (χ0) is 36.1. The molecule has 1 aromatic rings. The minimum Gasteiger partial charge on any atom is -0.365 e. The van der Waals surface area contributed by atoms with Gasteiger partial charge in [-0.1, -0.05) is 117 Å². The second kappa shape index (κ2) is 13.9. The van der Waals surface area contributed by atoms with Gasteiger partial charge in [-0.25, -0.2) is 0 Å². The van der Waals surface area contributed by atoms with Gasteiger partial charge in [-0.05, 0) is 166 Å². The summed E-state index contributed by atoms with van der Waals surface area (Å²) in [5.74, 6) is 7.38. The summed E-state index contributed by atoms with van der Waals surface area (Å²) in [6, 6.07) is 1.29. The lowest BCUT2D eigenvalue weighted by Gasteiger charge is -2.51. The first-order valence-corrected chi connectivity index (χ1v) is 24.8. The third-order valence-corrected chi connectivity index (χ3v) is 19.9. The Morgan fingerprint density at radius 3 is 2.38 bits per heavy atom. The van der Waals surface area contributed by atoms with Crippen molar-refractivity contribution in [3.8, 4) is 0 Å². The Morgan fingerprint density at radius 1 is 0.636 bits per heavy atom. The maximum atomic E-state index is 3.12. The van der Waals surface area contributed by atoms with Crippen LogP contribution in [0.25, 0.3) is 11.6 Å². The molecule has 2 heteroatoms. The fraction of sp³-hybridized carbons (Fsp3) is 0.660. The van der Waals surface area contributed by atoms with Crippen LogP contribution in [-0.4, -0.2) is 17.0 Å². The SMILES string of the molecule is C1=Cc2c(sc3c2CCC2=C3C3C=CCCC3C23C2CCC=CC2C2C=CC(N(C4=CC=C(C5CCCC6CCCCC65)CC4)C4CCCCC4)CC23)CC1. The van der Waals surface area contributed by atoms with Gasteiger partial charge in [0.1, 0.15) is 0 Å². The van der Waals surface area contributed by atoms with Gasteiger partial charge >= 0.3 is 0 Å². The molecule has 0 N–H and O–H groups in total. The van der Waals surface area contributed by atoms with E-state index in [1.807, 2.05) is 16.7 Å². The second-order valence-electron chi connectivity index (χ2n) is 20.6. The van der Waals surface area contributed by atoms with E-state index in [0.29, 0.717) is 23.3 Å². The number of nitrogens with zero attached hydrogens (tertiary/aromatic N) is 1. The van der Waals surface area contributed by atoms with Gasteiger partial charge in [0, 0.05) is 38.9 Å². The largest absolute Gasteiger partial charge is 0.365 e. The van der Waals surface area contributed by atoms with E-state index in [0.717, 1.165) is 47.5 Å². The van der Waals surface area contributed by atoms with Gasteiger partial charge in [-0.3, -0.25) is 0 Å². The smallest absolute Gasteiger partial charge is 0.0476 e. The number of hydrogen-bond donors (Lipinski definition) is 0. The fourth-order valence-electron chi connectivity index (χ4n) is 16.7. The molecule has 55 heavy (non-hydrogen) atoms. The fourth-order valence-corrected chi connectivity index (χ4v) is 18.2. The highest BCUT2D eigenvalue weighted by molar-refractivity contribution is 7.13. The van der Waals surface area contributed by atoms with Gasteiger partial charge in [-0.2, -0.15) is 0 Å². The molecule has 0 bridgehead atoms. The molecular formula is C53H67NS. The van der Waals surface area contributed by atoms with Gasteiger partial charge in [0.25, 0.3) is 0 Å². The van der Waals surface area contributed by atoms with Crippen molar-refractivity contribution >= 4 is 23.0 Å². The summed E-state index contributed by atoms with van der Waals surface area (Å²) in [6.07, 6.45) is 58.9. The van der Waals surface area contributed by atoms with Crippen LogP contribution in [0.1, 0.15) is 156 Å². The monoisotopic (exact) mass is 749 g/mol. The van der Waals surface area contributed by atoms with Crippen molar-refractivity contribution in [3.63, 3.8) is 0 Å². The van der Waals surface area contributed by atoms with Crippen LogP contribution < -0.4 is 0 Å². The summed E-state index contributed by atoms with van der Waals surface area (Å²) in [4.78, 5) is 6.57.